The zero-order valence-electron chi connectivity index (χ0n) is 17.7. The van der Waals surface area contributed by atoms with Gasteiger partial charge in [-0.25, -0.2) is 4.79 Å². The van der Waals surface area contributed by atoms with Crippen LogP contribution in [0.2, 0.25) is 0 Å². The fourth-order valence-corrected chi connectivity index (χ4v) is 7.37. The van der Waals surface area contributed by atoms with Gasteiger partial charge in [0.25, 0.3) is 0 Å². The van der Waals surface area contributed by atoms with Crippen LogP contribution in [0.25, 0.3) is 5.57 Å². The molecule has 0 heterocycles. The van der Waals surface area contributed by atoms with Crippen molar-refractivity contribution in [3.8, 4) is 5.75 Å². The van der Waals surface area contributed by atoms with Gasteiger partial charge < -0.3 is 10.2 Å². The molecule has 0 atom stereocenters. The zero-order chi connectivity index (χ0) is 21.6. The number of benzene rings is 2. The number of carbonyl (C=O) groups is 1. The van der Waals surface area contributed by atoms with Crippen LogP contribution < -0.4 is 0 Å². The van der Waals surface area contributed by atoms with E-state index in [2.05, 4.69) is 22.0 Å². The molecule has 4 bridgehead atoms. The number of phenolic OH excluding ortho intramolecular Hbond substituents is 1. The minimum absolute atomic E-state index is 0.160. The minimum atomic E-state index is -0.905. The van der Waals surface area contributed by atoms with Crippen LogP contribution in [0.5, 0.6) is 5.75 Å². The van der Waals surface area contributed by atoms with Crippen LogP contribution >= 0.6 is 15.9 Å². The highest BCUT2D eigenvalue weighted by Crippen LogP contribution is 2.61. The molecule has 3 nitrogen and oxygen atoms in total. The van der Waals surface area contributed by atoms with Crippen molar-refractivity contribution >= 4 is 27.5 Å². The van der Waals surface area contributed by atoms with E-state index >= 15 is 0 Å². The Bertz CT molecular complexity index is 1000. The number of allylic oxidation sites excluding steroid dienone is 1. The molecule has 0 spiro atoms. The molecule has 0 saturated heterocycles. The number of hydrogen-bond donors (Lipinski definition) is 2. The molecule has 31 heavy (non-hydrogen) atoms. The van der Waals surface area contributed by atoms with Gasteiger partial charge in [0, 0.05) is 10.0 Å². The Morgan fingerprint density at radius 1 is 1.03 bits per heavy atom. The highest BCUT2D eigenvalue weighted by Gasteiger charge is 2.52. The summed E-state index contributed by atoms with van der Waals surface area (Å²) in [6.45, 7) is 0. The zero-order valence-corrected chi connectivity index (χ0v) is 19.3. The Morgan fingerprint density at radius 2 is 1.71 bits per heavy atom. The topological polar surface area (TPSA) is 57.5 Å². The molecule has 4 aliphatic rings. The van der Waals surface area contributed by atoms with Crippen molar-refractivity contribution in [1.29, 1.82) is 0 Å². The molecule has 4 heteroatoms. The van der Waals surface area contributed by atoms with E-state index in [0.29, 0.717) is 23.3 Å². The number of carboxylic acid groups (broad SMARTS) is 1. The summed E-state index contributed by atoms with van der Waals surface area (Å²) in [4.78, 5) is 11.8. The second-order valence-corrected chi connectivity index (χ2v) is 10.9. The van der Waals surface area contributed by atoms with Gasteiger partial charge in [-0.3, -0.25) is 0 Å². The van der Waals surface area contributed by atoms with E-state index in [1.54, 1.807) is 0 Å². The van der Waals surface area contributed by atoms with Crippen LogP contribution in [0.1, 0.15) is 61.6 Å². The first kappa shape index (κ1) is 20.8. The standard InChI is InChI=1S/C27H29BrO3/c28-22-5-2-4-21(13-22)23(26(30)31)6-1-3-17-7-8-25(29)24(12-17)27-14-18-9-19(15-27)11-20(10-18)16-27/h2,4-8,12-13,18-20,29H,1,3,9-11,14-16H2,(H,30,31). The van der Waals surface area contributed by atoms with E-state index in [1.165, 1.54) is 44.1 Å². The molecule has 0 radical (unpaired) electrons. The lowest BCUT2D eigenvalue weighted by Gasteiger charge is -2.57. The van der Waals surface area contributed by atoms with E-state index in [1.807, 2.05) is 42.5 Å². The van der Waals surface area contributed by atoms with Crippen LogP contribution in [0.4, 0.5) is 0 Å². The SMILES string of the molecule is O=C(O)C(=CCCc1ccc(O)c(C23CC4CC(CC(C4)C2)C3)c1)c1cccc(Br)c1. The molecule has 0 aliphatic heterocycles. The lowest BCUT2D eigenvalue weighted by atomic mass is 9.48. The Kier molecular flexibility index (Phi) is 5.45. The Labute approximate surface area is 192 Å². The molecule has 4 saturated carbocycles. The van der Waals surface area contributed by atoms with Crippen LogP contribution in [0.15, 0.2) is 53.0 Å². The van der Waals surface area contributed by atoms with Gasteiger partial charge in [0.2, 0.25) is 0 Å². The Morgan fingerprint density at radius 3 is 2.32 bits per heavy atom. The Hall–Kier alpha value is -2.07. The summed E-state index contributed by atoms with van der Waals surface area (Å²) >= 11 is 3.42. The summed E-state index contributed by atoms with van der Waals surface area (Å²) < 4.78 is 0.871. The van der Waals surface area contributed by atoms with Crippen molar-refractivity contribution in [2.45, 2.75) is 56.8 Å². The number of halogens is 1. The minimum Gasteiger partial charge on any atom is -0.508 e. The van der Waals surface area contributed by atoms with E-state index in [-0.39, 0.29) is 5.41 Å². The fourth-order valence-electron chi connectivity index (χ4n) is 6.97. The molecule has 0 aromatic heterocycles. The van der Waals surface area contributed by atoms with Crippen molar-refractivity contribution in [3.63, 3.8) is 0 Å². The molecule has 4 fully saturated rings. The van der Waals surface area contributed by atoms with Gasteiger partial charge in [0.1, 0.15) is 5.75 Å². The first-order chi connectivity index (χ1) is 14.9. The van der Waals surface area contributed by atoms with Crippen LogP contribution in [0.3, 0.4) is 0 Å². The van der Waals surface area contributed by atoms with Gasteiger partial charge in [0.05, 0.1) is 5.57 Å². The molecular weight excluding hydrogens is 452 g/mol. The maximum absolute atomic E-state index is 11.8. The predicted octanol–water partition coefficient (Wildman–Crippen LogP) is 6.72. The third-order valence-electron chi connectivity index (χ3n) is 7.82. The summed E-state index contributed by atoms with van der Waals surface area (Å²) in [6, 6.07) is 13.5. The molecule has 4 aliphatic carbocycles. The summed E-state index contributed by atoms with van der Waals surface area (Å²) in [5.74, 6) is 2.04. The van der Waals surface area contributed by atoms with Gasteiger partial charge >= 0.3 is 5.97 Å². The van der Waals surface area contributed by atoms with Crippen molar-refractivity contribution in [2.75, 3.05) is 0 Å². The maximum atomic E-state index is 11.8. The average molecular weight is 481 g/mol. The van der Waals surface area contributed by atoms with E-state index in [9.17, 15) is 15.0 Å². The van der Waals surface area contributed by atoms with Crippen molar-refractivity contribution in [3.05, 3.63) is 69.7 Å². The van der Waals surface area contributed by atoms with E-state index < -0.39 is 5.97 Å². The number of hydrogen-bond acceptors (Lipinski definition) is 2. The number of aliphatic carboxylic acids is 1. The molecule has 2 N–H and O–H groups in total. The highest BCUT2D eigenvalue weighted by molar-refractivity contribution is 9.10. The van der Waals surface area contributed by atoms with Gasteiger partial charge in [-0.2, -0.15) is 0 Å². The monoisotopic (exact) mass is 480 g/mol. The second kappa shape index (κ2) is 8.12. The fraction of sp³-hybridized carbons (Fsp3) is 0.444. The average Bonchev–Trinajstić information content (AvgIpc) is 2.71. The summed E-state index contributed by atoms with van der Waals surface area (Å²) in [7, 11) is 0. The molecule has 0 amide bonds. The van der Waals surface area contributed by atoms with E-state index in [0.717, 1.165) is 34.2 Å². The number of carboxylic acids is 1. The van der Waals surface area contributed by atoms with Gasteiger partial charge in [0.15, 0.2) is 0 Å². The summed E-state index contributed by atoms with van der Waals surface area (Å²) in [5, 5.41) is 20.4. The lowest BCUT2D eigenvalue weighted by Crippen LogP contribution is -2.48. The predicted molar refractivity (Wildman–Crippen MR) is 126 cm³/mol. The van der Waals surface area contributed by atoms with Crippen LogP contribution in [0, 0.1) is 17.8 Å². The lowest BCUT2D eigenvalue weighted by molar-refractivity contribution is -0.130. The highest BCUT2D eigenvalue weighted by atomic mass is 79.9. The maximum Gasteiger partial charge on any atom is 0.335 e. The van der Waals surface area contributed by atoms with Gasteiger partial charge in [-0.15, -0.1) is 0 Å². The molecule has 2 aromatic carbocycles. The van der Waals surface area contributed by atoms with Gasteiger partial charge in [-0.05, 0) is 104 Å². The second-order valence-electron chi connectivity index (χ2n) is 10.0. The van der Waals surface area contributed by atoms with Crippen molar-refractivity contribution in [2.24, 2.45) is 17.8 Å². The van der Waals surface area contributed by atoms with Crippen molar-refractivity contribution in [1.82, 2.24) is 0 Å². The summed E-state index contributed by atoms with van der Waals surface area (Å²) in [5.41, 5.74) is 3.54. The smallest absolute Gasteiger partial charge is 0.335 e. The number of aromatic hydroxyl groups is 1. The quantitative estimate of drug-likeness (QED) is 0.450. The molecule has 0 unspecified atom stereocenters. The van der Waals surface area contributed by atoms with Crippen LogP contribution in [-0.4, -0.2) is 16.2 Å². The number of phenols is 1. The Balaban J connectivity index is 1.36. The molecule has 162 valence electrons. The first-order valence-corrected chi connectivity index (χ1v) is 12.2. The number of rotatable bonds is 6. The molecular formula is C27H29BrO3. The normalized spacial score (nSPS) is 29.3. The van der Waals surface area contributed by atoms with Gasteiger partial charge in [-0.1, -0.05) is 46.3 Å². The number of aryl methyl sites for hydroxylation is 1. The van der Waals surface area contributed by atoms with Crippen LogP contribution in [-0.2, 0) is 16.6 Å². The molecule has 6 rings (SSSR count). The van der Waals surface area contributed by atoms with E-state index in [4.69, 9.17) is 0 Å². The summed E-state index contributed by atoms with van der Waals surface area (Å²) in [6.07, 6.45) is 11.1. The first-order valence-electron chi connectivity index (χ1n) is 11.4. The molecule has 2 aromatic rings. The van der Waals surface area contributed by atoms with Crippen molar-refractivity contribution < 1.29 is 15.0 Å². The largest absolute Gasteiger partial charge is 0.508 e. The third kappa shape index (κ3) is 4.07. The third-order valence-corrected chi connectivity index (χ3v) is 8.31.